The van der Waals surface area contributed by atoms with E-state index >= 15 is 0 Å². The van der Waals surface area contributed by atoms with Crippen molar-refractivity contribution in [3.8, 4) is 0 Å². The molecule has 0 saturated carbocycles. The second kappa shape index (κ2) is 5.76. The minimum atomic E-state index is 0.542. The van der Waals surface area contributed by atoms with Gasteiger partial charge < -0.3 is 0 Å². The summed E-state index contributed by atoms with van der Waals surface area (Å²) in [6.07, 6.45) is 4.44. The van der Waals surface area contributed by atoms with Crippen molar-refractivity contribution in [3.63, 3.8) is 0 Å². The lowest BCUT2D eigenvalue weighted by atomic mass is 10.00. The highest BCUT2D eigenvalue weighted by atomic mass is 14.5. The van der Waals surface area contributed by atoms with Gasteiger partial charge in [-0.25, -0.2) is 0 Å². The first-order valence-electron chi connectivity index (χ1n) is 5.10. The fourth-order valence-corrected chi connectivity index (χ4v) is 1.59. The predicted molar refractivity (Wildman–Crippen MR) is 56.7 cm³/mol. The topological polar surface area (TPSA) is 23.8 Å². The van der Waals surface area contributed by atoms with E-state index in [0.29, 0.717) is 6.54 Å². The van der Waals surface area contributed by atoms with E-state index in [1.165, 1.54) is 24.0 Å². The van der Waals surface area contributed by atoms with Crippen LogP contribution in [0.25, 0.3) is 0 Å². The van der Waals surface area contributed by atoms with Crippen LogP contribution in [0.4, 0.5) is 0 Å². The van der Waals surface area contributed by atoms with Crippen molar-refractivity contribution in [2.24, 2.45) is 0 Å². The summed E-state index contributed by atoms with van der Waals surface area (Å²) >= 11 is 0. The minimum absolute atomic E-state index is 0.542. The maximum Gasteiger partial charge on any atom is 0.0103 e. The highest BCUT2D eigenvalue weighted by Crippen LogP contribution is 2.12. The van der Waals surface area contributed by atoms with Gasteiger partial charge in [-0.2, -0.15) is 0 Å². The molecular weight excluding hydrogens is 158 g/mol. The van der Waals surface area contributed by atoms with E-state index in [0.717, 1.165) is 12.8 Å². The van der Waals surface area contributed by atoms with Gasteiger partial charge in [0.2, 0.25) is 0 Å². The van der Waals surface area contributed by atoms with Gasteiger partial charge in [-0.3, -0.25) is 5.73 Å². The summed E-state index contributed by atoms with van der Waals surface area (Å²) in [6, 6.07) is 8.61. The molecule has 0 saturated heterocycles. The lowest BCUT2D eigenvalue weighted by Gasteiger charge is -2.07. The Hall–Kier alpha value is -0.820. The van der Waals surface area contributed by atoms with Crippen LogP contribution in [0.3, 0.4) is 0 Å². The molecule has 1 nitrogen and oxygen atoms in total. The first-order valence-corrected chi connectivity index (χ1v) is 5.10. The summed E-state index contributed by atoms with van der Waals surface area (Å²) in [5.41, 5.74) is 10.0. The van der Waals surface area contributed by atoms with Gasteiger partial charge in [-0.1, -0.05) is 37.6 Å². The van der Waals surface area contributed by atoms with Crippen molar-refractivity contribution in [1.82, 2.24) is 5.73 Å². The highest BCUT2D eigenvalue weighted by Gasteiger charge is 1.99. The minimum Gasteiger partial charge on any atom is -0.258 e. The van der Waals surface area contributed by atoms with E-state index < -0.39 is 0 Å². The zero-order valence-corrected chi connectivity index (χ0v) is 8.34. The van der Waals surface area contributed by atoms with Gasteiger partial charge in [-0.05, 0) is 30.4 Å². The van der Waals surface area contributed by atoms with Crippen LogP contribution in [0.1, 0.15) is 30.9 Å². The van der Waals surface area contributed by atoms with Crippen molar-refractivity contribution in [3.05, 3.63) is 35.4 Å². The van der Waals surface area contributed by atoms with Crippen molar-refractivity contribution in [1.29, 1.82) is 0 Å². The summed E-state index contributed by atoms with van der Waals surface area (Å²) < 4.78 is 0. The molecule has 0 spiro atoms. The van der Waals surface area contributed by atoms with Gasteiger partial charge in [0.05, 0.1) is 0 Å². The molecule has 1 radical (unpaired) electrons. The number of aryl methyl sites for hydroxylation is 2. The summed E-state index contributed by atoms with van der Waals surface area (Å²) in [7, 11) is 0. The lowest BCUT2D eigenvalue weighted by Crippen LogP contribution is -1.96. The van der Waals surface area contributed by atoms with Crippen LogP contribution in [-0.2, 0) is 12.8 Å². The van der Waals surface area contributed by atoms with Crippen molar-refractivity contribution in [2.75, 3.05) is 6.54 Å². The smallest absolute Gasteiger partial charge is 0.0103 e. The molecule has 0 aromatic heterocycles. The van der Waals surface area contributed by atoms with Crippen LogP contribution in [0.2, 0.25) is 0 Å². The summed E-state index contributed by atoms with van der Waals surface area (Å²) in [5, 5.41) is 0. The van der Waals surface area contributed by atoms with E-state index in [2.05, 4.69) is 31.2 Å². The van der Waals surface area contributed by atoms with E-state index in [1.54, 1.807) is 0 Å². The highest BCUT2D eigenvalue weighted by molar-refractivity contribution is 5.27. The molecule has 1 rings (SSSR count). The molecule has 0 unspecified atom stereocenters. The first-order chi connectivity index (χ1) is 6.38. The molecule has 0 bridgehead atoms. The Balaban J connectivity index is 2.66. The molecule has 0 fully saturated rings. The first kappa shape index (κ1) is 10.3. The van der Waals surface area contributed by atoms with Gasteiger partial charge in [0.1, 0.15) is 0 Å². The largest absolute Gasteiger partial charge is 0.258 e. The number of hydrogen-bond donors (Lipinski definition) is 0. The van der Waals surface area contributed by atoms with Gasteiger partial charge in [0.15, 0.2) is 0 Å². The third kappa shape index (κ3) is 3.19. The zero-order chi connectivity index (χ0) is 9.52. The van der Waals surface area contributed by atoms with Crippen LogP contribution < -0.4 is 5.73 Å². The molecule has 0 aliphatic heterocycles. The Morgan fingerprint density at radius 3 is 2.23 bits per heavy atom. The second-order valence-electron chi connectivity index (χ2n) is 3.37. The van der Waals surface area contributed by atoms with E-state index in [4.69, 9.17) is 5.73 Å². The molecule has 1 aromatic rings. The summed E-state index contributed by atoms with van der Waals surface area (Å²) in [5.74, 6) is 0. The number of nitrogens with one attached hydrogen (secondary N) is 1. The fraction of sp³-hybridized carbons (Fsp3) is 0.500. The fourth-order valence-electron chi connectivity index (χ4n) is 1.59. The Kier molecular flexibility index (Phi) is 4.55. The molecule has 13 heavy (non-hydrogen) atoms. The molecule has 0 aliphatic carbocycles. The molecule has 1 heteroatoms. The van der Waals surface area contributed by atoms with Gasteiger partial charge >= 0.3 is 0 Å². The Morgan fingerprint density at radius 1 is 1.08 bits per heavy atom. The van der Waals surface area contributed by atoms with Crippen LogP contribution in [0.15, 0.2) is 24.3 Å². The van der Waals surface area contributed by atoms with Gasteiger partial charge in [-0.15, -0.1) is 0 Å². The van der Waals surface area contributed by atoms with E-state index in [1.807, 2.05) is 0 Å². The maximum absolute atomic E-state index is 7.12. The molecular formula is C12H18N. The van der Waals surface area contributed by atoms with Gasteiger partial charge in [0, 0.05) is 6.54 Å². The normalized spacial score (nSPS) is 10.3. The molecule has 1 aromatic carbocycles. The van der Waals surface area contributed by atoms with Crippen molar-refractivity contribution < 1.29 is 0 Å². The third-order valence-electron chi connectivity index (χ3n) is 2.26. The summed E-state index contributed by atoms with van der Waals surface area (Å²) in [6.45, 7) is 2.75. The molecule has 0 aliphatic rings. The van der Waals surface area contributed by atoms with Crippen molar-refractivity contribution >= 4 is 0 Å². The zero-order valence-electron chi connectivity index (χ0n) is 8.34. The Bertz CT molecular complexity index is 243. The van der Waals surface area contributed by atoms with Crippen LogP contribution in [0.5, 0.6) is 0 Å². The van der Waals surface area contributed by atoms with Gasteiger partial charge in [0.25, 0.3) is 0 Å². The quantitative estimate of drug-likeness (QED) is 0.658. The molecule has 0 atom stereocenters. The lowest BCUT2D eigenvalue weighted by molar-refractivity contribution is 0.799. The number of rotatable bonds is 5. The maximum atomic E-state index is 7.12. The predicted octanol–water partition coefficient (Wildman–Crippen LogP) is 2.85. The molecule has 1 N–H and O–H groups in total. The van der Waals surface area contributed by atoms with Crippen LogP contribution >= 0.6 is 0 Å². The standard InChI is InChI=1S/C12H18N/c1-2-6-11-7-3-4-8-12(11)9-5-10-13/h3-4,7-8,13H,2,5-6,9-10H2,1H3. The second-order valence-corrected chi connectivity index (χ2v) is 3.37. The van der Waals surface area contributed by atoms with Crippen LogP contribution in [-0.4, -0.2) is 6.54 Å². The van der Waals surface area contributed by atoms with E-state index in [-0.39, 0.29) is 0 Å². The molecule has 0 heterocycles. The summed E-state index contributed by atoms with van der Waals surface area (Å²) in [4.78, 5) is 0. The third-order valence-corrected chi connectivity index (χ3v) is 2.26. The Morgan fingerprint density at radius 2 is 1.69 bits per heavy atom. The molecule has 0 amide bonds. The average Bonchev–Trinajstić information content (AvgIpc) is 2.17. The average molecular weight is 176 g/mol. The monoisotopic (exact) mass is 176 g/mol. The SMILES string of the molecule is CCCc1ccccc1CCC[NH]. The van der Waals surface area contributed by atoms with Crippen LogP contribution in [0, 0.1) is 0 Å². The molecule has 71 valence electrons. The number of benzene rings is 1. The Labute approximate surface area is 81.0 Å². The van der Waals surface area contributed by atoms with E-state index in [9.17, 15) is 0 Å². The van der Waals surface area contributed by atoms with Crippen molar-refractivity contribution in [2.45, 2.75) is 32.6 Å². The number of hydrogen-bond acceptors (Lipinski definition) is 0.